The highest BCUT2D eigenvalue weighted by molar-refractivity contribution is 7.15. The molecule has 3 heterocycles. The number of aryl methyl sites for hydroxylation is 1. The number of hydrogen-bond acceptors (Lipinski definition) is 5. The Labute approximate surface area is 160 Å². The van der Waals surface area contributed by atoms with Gasteiger partial charge in [-0.1, -0.05) is 24.3 Å². The molecule has 0 aliphatic heterocycles. The van der Waals surface area contributed by atoms with E-state index in [2.05, 4.69) is 27.4 Å². The van der Waals surface area contributed by atoms with Gasteiger partial charge in [-0.05, 0) is 30.2 Å². The SMILES string of the molecule is Cc1sc(-c2ccco2)nc1C(=O)NCc1ccc(Cn2ccnc2)cc1. The van der Waals surface area contributed by atoms with E-state index in [1.165, 1.54) is 16.9 Å². The maximum absolute atomic E-state index is 12.5. The molecule has 0 saturated carbocycles. The predicted octanol–water partition coefficient (Wildman–Crippen LogP) is 3.89. The highest BCUT2D eigenvalue weighted by Gasteiger charge is 2.17. The first-order valence-corrected chi connectivity index (χ1v) is 9.34. The minimum absolute atomic E-state index is 0.177. The lowest BCUT2D eigenvalue weighted by atomic mass is 10.1. The second-order valence-corrected chi connectivity index (χ2v) is 7.34. The van der Waals surface area contributed by atoms with E-state index >= 15 is 0 Å². The Balaban J connectivity index is 1.38. The summed E-state index contributed by atoms with van der Waals surface area (Å²) in [6, 6.07) is 11.8. The van der Waals surface area contributed by atoms with E-state index in [1.807, 2.05) is 42.0 Å². The summed E-state index contributed by atoms with van der Waals surface area (Å²) in [6.07, 6.45) is 7.09. The maximum atomic E-state index is 12.5. The third kappa shape index (κ3) is 3.98. The third-order valence-corrected chi connectivity index (χ3v) is 5.13. The van der Waals surface area contributed by atoms with Crippen molar-refractivity contribution in [3.05, 3.63) is 83.1 Å². The second-order valence-electron chi connectivity index (χ2n) is 6.14. The number of rotatable bonds is 6. The Bertz CT molecular complexity index is 1020. The molecule has 4 rings (SSSR count). The Hall–Kier alpha value is -3.19. The molecular formula is C20H18N4O2S. The van der Waals surface area contributed by atoms with Crippen LogP contribution in [0.25, 0.3) is 10.8 Å². The van der Waals surface area contributed by atoms with Gasteiger partial charge in [0.25, 0.3) is 5.91 Å². The molecule has 0 radical (unpaired) electrons. The summed E-state index contributed by atoms with van der Waals surface area (Å²) in [7, 11) is 0. The van der Waals surface area contributed by atoms with Crippen LogP contribution in [0.5, 0.6) is 0 Å². The van der Waals surface area contributed by atoms with E-state index in [0.29, 0.717) is 23.0 Å². The number of thiazole rings is 1. The molecule has 6 nitrogen and oxygen atoms in total. The smallest absolute Gasteiger partial charge is 0.271 e. The highest BCUT2D eigenvalue weighted by atomic mass is 32.1. The van der Waals surface area contributed by atoms with Gasteiger partial charge in [0.2, 0.25) is 0 Å². The number of benzene rings is 1. The van der Waals surface area contributed by atoms with Gasteiger partial charge in [0.05, 0.1) is 12.6 Å². The van der Waals surface area contributed by atoms with Crippen LogP contribution >= 0.6 is 11.3 Å². The molecule has 0 unspecified atom stereocenters. The molecule has 1 amide bonds. The van der Waals surface area contributed by atoms with Gasteiger partial charge in [-0.3, -0.25) is 4.79 Å². The Morgan fingerprint density at radius 1 is 1.22 bits per heavy atom. The topological polar surface area (TPSA) is 73.0 Å². The van der Waals surface area contributed by atoms with Crippen molar-refractivity contribution in [2.75, 3.05) is 0 Å². The van der Waals surface area contributed by atoms with E-state index in [-0.39, 0.29) is 5.91 Å². The number of hydrogen-bond donors (Lipinski definition) is 1. The van der Waals surface area contributed by atoms with Gasteiger partial charge < -0.3 is 14.3 Å². The zero-order valence-corrected chi connectivity index (χ0v) is 15.6. The van der Waals surface area contributed by atoms with Crippen molar-refractivity contribution in [3.63, 3.8) is 0 Å². The molecule has 27 heavy (non-hydrogen) atoms. The van der Waals surface area contributed by atoms with Gasteiger partial charge in [0.15, 0.2) is 10.8 Å². The summed E-state index contributed by atoms with van der Waals surface area (Å²) in [5.74, 6) is 0.500. The van der Waals surface area contributed by atoms with Crippen LogP contribution in [0.15, 0.2) is 65.8 Å². The molecule has 3 aromatic heterocycles. The standard InChI is InChI=1S/C20H18N4O2S/c1-14-18(23-20(27-14)17-3-2-10-26-17)19(25)22-11-15-4-6-16(7-5-15)12-24-9-8-21-13-24/h2-10,13H,11-12H2,1H3,(H,22,25). The van der Waals surface area contributed by atoms with E-state index < -0.39 is 0 Å². The molecule has 1 aromatic carbocycles. The van der Waals surface area contributed by atoms with Gasteiger partial charge >= 0.3 is 0 Å². The molecule has 0 atom stereocenters. The lowest BCUT2D eigenvalue weighted by molar-refractivity contribution is 0.0946. The van der Waals surface area contributed by atoms with Crippen molar-refractivity contribution >= 4 is 17.2 Å². The lowest BCUT2D eigenvalue weighted by Gasteiger charge is -2.06. The molecule has 0 aliphatic carbocycles. The first-order chi connectivity index (χ1) is 13.2. The number of nitrogens with zero attached hydrogens (tertiary/aromatic N) is 3. The quantitative estimate of drug-likeness (QED) is 0.552. The maximum Gasteiger partial charge on any atom is 0.271 e. The molecule has 136 valence electrons. The van der Waals surface area contributed by atoms with Gasteiger partial charge in [-0.15, -0.1) is 11.3 Å². The molecule has 0 spiro atoms. The third-order valence-electron chi connectivity index (χ3n) is 4.14. The van der Waals surface area contributed by atoms with Gasteiger partial charge in [-0.25, -0.2) is 9.97 Å². The molecule has 0 saturated heterocycles. The van der Waals surface area contributed by atoms with Crippen molar-refractivity contribution in [2.45, 2.75) is 20.0 Å². The summed E-state index contributed by atoms with van der Waals surface area (Å²) in [6.45, 7) is 3.13. The predicted molar refractivity (Wildman–Crippen MR) is 103 cm³/mol. The number of aromatic nitrogens is 3. The van der Waals surface area contributed by atoms with Gasteiger partial charge in [0, 0.05) is 30.4 Å². The van der Waals surface area contributed by atoms with Crippen molar-refractivity contribution in [1.29, 1.82) is 0 Å². The van der Waals surface area contributed by atoms with Crippen LogP contribution in [0.4, 0.5) is 0 Å². The molecule has 0 fully saturated rings. The molecule has 7 heteroatoms. The second kappa shape index (κ2) is 7.59. The average Bonchev–Trinajstić information content (AvgIpc) is 3.42. The van der Waals surface area contributed by atoms with Crippen molar-refractivity contribution in [1.82, 2.24) is 19.9 Å². The molecule has 4 aromatic rings. The van der Waals surface area contributed by atoms with Crippen LogP contribution in [0.3, 0.4) is 0 Å². The van der Waals surface area contributed by atoms with E-state index in [4.69, 9.17) is 4.42 Å². The zero-order chi connectivity index (χ0) is 18.6. The van der Waals surface area contributed by atoms with Crippen molar-refractivity contribution in [2.24, 2.45) is 0 Å². The lowest BCUT2D eigenvalue weighted by Crippen LogP contribution is -2.23. The fourth-order valence-corrected chi connectivity index (χ4v) is 3.61. The van der Waals surface area contributed by atoms with Gasteiger partial charge in [-0.2, -0.15) is 0 Å². The Morgan fingerprint density at radius 2 is 2.04 bits per heavy atom. The average molecular weight is 378 g/mol. The Morgan fingerprint density at radius 3 is 2.74 bits per heavy atom. The van der Waals surface area contributed by atoms with Crippen LogP contribution in [-0.4, -0.2) is 20.4 Å². The summed E-state index contributed by atoms with van der Waals surface area (Å²) >= 11 is 1.45. The number of carbonyl (C=O) groups excluding carboxylic acids is 1. The fourth-order valence-electron chi connectivity index (χ4n) is 2.73. The fraction of sp³-hybridized carbons (Fsp3) is 0.150. The number of furan rings is 1. The van der Waals surface area contributed by atoms with Crippen LogP contribution in [-0.2, 0) is 13.1 Å². The minimum Gasteiger partial charge on any atom is -0.462 e. The number of carbonyl (C=O) groups is 1. The monoisotopic (exact) mass is 378 g/mol. The first kappa shape index (κ1) is 17.2. The van der Waals surface area contributed by atoms with Crippen LogP contribution in [0.1, 0.15) is 26.5 Å². The van der Waals surface area contributed by atoms with Gasteiger partial charge in [0.1, 0.15) is 5.69 Å². The summed E-state index contributed by atoms with van der Waals surface area (Å²) in [5, 5.41) is 3.65. The summed E-state index contributed by atoms with van der Waals surface area (Å²) < 4.78 is 7.37. The number of amides is 1. The Kier molecular flexibility index (Phi) is 4.84. The largest absolute Gasteiger partial charge is 0.462 e. The van der Waals surface area contributed by atoms with Crippen LogP contribution in [0, 0.1) is 6.92 Å². The van der Waals surface area contributed by atoms with Crippen molar-refractivity contribution < 1.29 is 9.21 Å². The first-order valence-electron chi connectivity index (χ1n) is 8.52. The highest BCUT2D eigenvalue weighted by Crippen LogP contribution is 2.27. The molecule has 0 aliphatic rings. The number of imidazole rings is 1. The van der Waals surface area contributed by atoms with Crippen LogP contribution < -0.4 is 5.32 Å². The molecule has 1 N–H and O–H groups in total. The molecular weight excluding hydrogens is 360 g/mol. The minimum atomic E-state index is -0.177. The molecule has 0 bridgehead atoms. The van der Waals surface area contributed by atoms with E-state index in [9.17, 15) is 4.79 Å². The zero-order valence-electron chi connectivity index (χ0n) is 14.8. The number of nitrogens with one attached hydrogen (secondary N) is 1. The normalized spacial score (nSPS) is 10.9. The van der Waals surface area contributed by atoms with E-state index in [0.717, 1.165) is 17.0 Å². The van der Waals surface area contributed by atoms with Crippen LogP contribution in [0.2, 0.25) is 0 Å². The summed E-state index contributed by atoms with van der Waals surface area (Å²) in [5.41, 5.74) is 2.67. The summed E-state index contributed by atoms with van der Waals surface area (Å²) in [4.78, 5) is 21.8. The van der Waals surface area contributed by atoms with Crippen molar-refractivity contribution in [3.8, 4) is 10.8 Å². The van der Waals surface area contributed by atoms with E-state index in [1.54, 1.807) is 18.8 Å².